The third-order valence-electron chi connectivity index (χ3n) is 3.60. The van der Waals surface area contributed by atoms with E-state index in [0.717, 1.165) is 34.3 Å². The van der Waals surface area contributed by atoms with Crippen molar-refractivity contribution < 1.29 is 0 Å². The molecule has 1 aromatic carbocycles. The summed E-state index contributed by atoms with van der Waals surface area (Å²) in [5, 5.41) is 0.728. The van der Waals surface area contributed by atoms with Crippen molar-refractivity contribution >= 4 is 34.2 Å². The van der Waals surface area contributed by atoms with E-state index < -0.39 is 0 Å². The Labute approximate surface area is 117 Å². The number of hydrogen-bond acceptors (Lipinski definition) is 1. The molecule has 0 N–H and O–H groups in total. The molecule has 2 nitrogen and oxygen atoms in total. The van der Waals surface area contributed by atoms with Gasteiger partial charge in [0.1, 0.15) is 5.82 Å². The van der Waals surface area contributed by atoms with E-state index in [-0.39, 0.29) is 0 Å². The smallest absolute Gasteiger partial charge is 0.124 e. The number of rotatable bonds is 5. The maximum absolute atomic E-state index is 6.00. The molecule has 0 spiro atoms. The molecular formula is C14H16Cl2N2. The number of hydrogen-bond donors (Lipinski definition) is 0. The third-order valence-corrected chi connectivity index (χ3v) is 4.07. The molecule has 3 rings (SSSR count). The van der Waals surface area contributed by atoms with Gasteiger partial charge in [0.25, 0.3) is 0 Å². The van der Waals surface area contributed by atoms with Crippen LogP contribution in [0.3, 0.4) is 0 Å². The van der Waals surface area contributed by atoms with Crippen LogP contribution in [-0.4, -0.2) is 9.55 Å². The van der Waals surface area contributed by atoms with E-state index in [1.165, 1.54) is 25.7 Å². The first-order valence-electron chi connectivity index (χ1n) is 6.48. The topological polar surface area (TPSA) is 17.8 Å². The van der Waals surface area contributed by atoms with Gasteiger partial charge in [-0.2, -0.15) is 0 Å². The van der Waals surface area contributed by atoms with Crippen molar-refractivity contribution in [1.29, 1.82) is 0 Å². The van der Waals surface area contributed by atoms with Crippen LogP contribution in [0.15, 0.2) is 18.2 Å². The number of aryl methyl sites for hydroxylation is 1. The Morgan fingerprint density at radius 3 is 2.89 bits per heavy atom. The van der Waals surface area contributed by atoms with Crippen molar-refractivity contribution in [3.05, 3.63) is 29.0 Å². The second-order valence-electron chi connectivity index (χ2n) is 5.03. The van der Waals surface area contributed by atoms with Gasteiger partial charge < -0.3 is 4.57 Å². The van der Waals surface area contributed by atoms with Gasteiger partial charge >= 0.3 is 0 Å². The molecule has 4 heteroatoms. The standard InChI is InChI=1S/C14H16Cl2N2/c15-9-14-17-12-8-11(16)5-6-13(12)18(14)7-1-2-10-3-4-10/h5-6,8,10H,1-4,7,9H2. The second kappa shape index (κ2) is 5.10. The summed E-state index contributed by atoms with van der Waals surface area (Å²) in [7, 11) is 0. The quantitative estimate of drug-likeness (QED) is 0.732. The van der Waals surface area contributed by atoms with Crippen LogP contribution in [-0.2, 0) is 12.4 Å². The fourth-order valence-corrected chi connectivity index (χ4v) is 2.82. The zero-order chi connectivity index (χ0) is 12.5. The molecule has 1 fully saturated rings. The highest BCUT2D eigenvalue weighted by Crippen LogP contribution is 2.34. The van der Waals surface area contributed by atoms with E-state index >= 15 is 0 Å². The molecule has 0 radical (unpaired) electrons. The zero-order valence-corrected chi connectivity index (χ0v) is 11.7. The number of benzene rings is 1. The van der Waals surface area contributed by atoms with E-state index in [9.17, 15) is 0 Å². The van der Waals surface area contributed by atoms with Crippen LogP contribution in [0.5, 0.6) is 0 Å². The first-order valence-corrected chi connectivity index (χ1v) is 7.40. The molecule has 1 saturated carbocycles. The van der Waals surface area contributed by atoms with Gasteiger partial charge in [-0.1, -0.05) is 24.4 Å². The average Bonchev–Trinajstić information content (AvgIpc) is 3.11. The molecule has 0 saturated heterocycles. The molecular weight excluding hydrogens is 267 g/mol. The first kappa shape index (κ1) is 12.3. The molecule has 0 aliphatic heterocycles. The monoisotopic (exact) mass is 282 g/mol. The van der Waals surface area contributed by atoms with Crippen LogP contribution in [0.2, 0.25) is 5.02 Å². The maximum atomic E-state index is 6.00. The minimum absolute atomic E-state index is 0.454. The van der Waals surface area contributed by atoms with Crippen LogP contribution in [0, 0.1) is 5.92 Å². The van der Waals surface area contributed by atoms with Crippen molar-refractivity contribution in [2.45, 2.75) is 38.1 Å². The lowest BCUT2D eigenvalue weighted by molar-refractivity contribution is 0.576. The van der Waals surface area contributed by atoms with Gasteiger partial charge in [0, 0.05) is 11.6 Å². The minimum atomic E-state index is 0.454. The molecule has 0 atom stereocenters. The van der Waals surface area contributed by atoms with E-state index in [0.29, 0.717) is 5.88 Å². The second-order valence-corrected chi connectivity index (χ2v) is 5.74. The maximum Gasteiger partial charge on any atom is 0.124 e. The summed E-state index contributed by atoms with van der Waals surface area (Å²) in [6, 6.07) is 5.86. The van der Waals surface area contributed by atoms with Crippen molar-refractivity contribution in [3.8, 4) is 0 Å². The van der Waals surface area contributed by atoms with E-state index in [2.05, 4.69) is 9.55 Å². The Hall–Kier alpha value is -0.730. The number of alkyl halides is 1. The summed E-state index contributed by atoms with van der Waals surface area (Å²) >= 11 is 12.0. The third kappa shape index (κ3) is 2.50. The predicted molar refractivity (Wildman–Crippen MR) is 76.3 cm³/mol. The van der Waals surface area contributed by atoms with Gasteiger partial charge in [-0.25, -0.2) is 4.98 Å². The lowest BCUT2D eigenvalue weighted by atomic mass is 10.2. The molecule has 0 amide bonds. The molecule has 1 aliphatic rings. The van der Waals surface area contributed by atoms with Gasteiger partial charge in [-0.05, 0) is 37.0 Å². The highest BCUT2D eigenvalue weighted by molar-refractivity contribution is 6.31. The normalized spacial score (nSPS) is 15.4. The van der Waals surface area contributed by atoms with E-state index in [4.69, 9.17) is 23.2 Å². The minimum Gasteiger partial charge on any atom is -0.327 e. The number of imidazole rings is 1. The molecule has 0 unspecified atom stereocenters. The molecule has 18 heavy (non-hydrogen) atoms. The Kier molecular flexibility index (Phi) is 3.49. The van der Waals surface area contributed by atoms with Crippen LogP contribution in [0.4, 0.5) is 0 Å². The first-order chi connectivity index (χ1) is 8.78. The summed E-state index contributed by atoms with van der Waals surface area (Å²) in [5.74, 6) is 2.38. The lowest BCUT2D eigenvalue weighted by Crippen LogP contribution is -2.02. The predicted octanol–water partition coefficient (Wildman–Crippen LogP) is 4.62. The summed E-state index contributed by atoms with van der Waals surface area (Å²) in [6.45, 7) is 1.01. The summed E-state index contributed by atoms with van der Waals surface area (Å²) in [6.07, 6.45) is 5.38. The SMILES string of the molecule is ClCc1nc2cc(Cl)ccc2n1CCCC1CC1. The fraction of sp³-hybridized carbons (Fsp3) is 0.500. The summed E-state index contributed by atoms with van der Waals surface area (Å²) in [5.41, 5.74) is 2.09. The van der Waals surface area contributed by atoms with Crippen molar-refractivity contribution in [2.75, 3.05) is 0 Å². The molecule has 1 aliphatic carbocycles. The van der Waals surface area contributed by atoms with Crippen LogP contribution in [0.1, 0.15) is 31.5 Å². The van der Waals surface area contributed by atoms with Gasteiger partial charge in [-0.15, -0.1) is 11.6 Å². The highest BCUT2D eigenvalue weighted by Gasteiger charge is 2.20. The number of fused-ring (bicyclic) bond motifs is 1. The number of halogens is 2. The Morgan fingerprint density at radius 1 is 1.33 bits per heavy atom. The lowest BCUT2D eigenvalue weighted by Gasteiger charge is -2.07. The van der Waals surface area contributed by atoms with Crippen molar-refractivity contribution in [2.24, 2.45) is 5.92 Å². The van der Waals surface area contributed by atoms with Crippen molar-refractivity contribution in [3.63, 3.8) is 0 Å². The van der Waals surface area contributed by atoms with Crippen LogP contribution < -0.4 is 0 Å². The van der Waals surface area contributed by atoms with Crippen LogP contribution in [0.25, 0.3) is 11.0 Å². The van der Waals surface area contributed by atoms with Gasteiger partial charge in [-0.3, -0.25) is 0 Å². The van der Waals surface area contributed by atoms with E-state index in [1.807, 2.05) is 18.2 Å². The zero-order valence-electron chi connectivity index (χ0n) is 10.2. The fourth-order valence-electron chi connectivity index (χ4n) is 2.45. The van der Waals surface area contributed by atoms with E-state index in [1.54, 1.807) is 0 Å². The van der Waals surface area contributed by atoms with Crippen molar-refractivity contribution in [1.82, 2.24) is 9.55 Å². The van der Waals surface area contributed by atoms with Gasteiger partial charge in [0.15, 0.2) is 0 Å². The molecule has 1 aromatic heterocycles. The highest BCUT2D eigenvalue weighted by atomic mass is 35.5. The summed E-state index contributed by atoms with van der Waals surface area (Å²) < 4.78 is 2.24. The molecule has 96 valence electrons. The Morgan fingerprint density at radius 2 is 2.17 bits per heavy atom. The summed E-state index contributed by atoms with van der Waals surface area (Å²) in [4.78, 5) is 4.55. The number of aromatic nitrogens is 2. The largest absolute Gasteiger partial charge is 0.327 e. The Bertz CT molecular complexity index is 558. The number of nitrogens with zero attached hydrogens (tertiary/aromatic N) is 2. The Balaban J connectivity index is 1.86. The average molecular weight is 283 g/mol. The van der Waals surface area contributed by atoms with Gasteiger partial charge in [0.05, 0.1) is 16.9 Å². The molecule has 1 heterocycles. The van der Waals surface area contributed by atoms with Crippen LogP contribution >= 0.6 is 23.2 Å². The molecule has 2 aromatic rings. The molecule has 0 bridgehead atoms. The van der Waals surface area contributed by atoms with Gasteiger partial charge in [0.2, 0.25) is 0 Å².